The summed E-state index contributed by atoms with van der Waals surface area (Å²) in [6, 6.07) is 17.9. The number of aromatic nitrogens is 2. The van der Waals surface area contributed by atoms with Crippen molar-refractivity contribution in [1.29, 1.82) is 0 Å². The van der Waals surface area contributed by atoms with Gasteiger partial charge in [0, 0.05) is 22.2 Å². The molecule has 3 aromatic rings. The second-order valence-corrected chi connectivity index (χ2v) is 7.71. The molecule has 136 valence electrons. The number of amides is 1. The Kier molecular flexibility index (Phi) is 4.01. The fourth-order valence-electron chi connectivity index (χ4n) is 4.54. The standard InChI is InChI=1S/C22H20ClN3O/c23-17-13-7-6-12-16(17)21-18-19(14-8-2-1-3-9-14)24-25-20(18)22(27)26(21)15-10-4-5-11-15/h1-3,6-9,12-13,15,21H,4-5,10-11H2,(H,24,25). The number of fused-ring (bicyclic) bond motifs is 1. The molecule has 1 unspecified atom stereocenters. The number of nitrogens with one attached hydrogen (secondary N) is 1. The van der Waals surface area contributed by atoms with Crippen LogP contribution in [-0.2, 0) is 0 Å². The zero-order valence-electron chi connectivity index (χ0n) is 14.9. The molecule has 27 heavy (non-hydrogen) atoms. The number of H-pyrrole nitrogens is 1. The normalized spacial score (nSPS) is 19.7. The lowest BCUT2D eigenvalue weighted by atomic mass is 9.95. The van der Waals surface area contributed by atoms with Crippen molar-refractivity contribution in [1.82, 2.24) is 15.1 Å². The number of hydrogen-bond acceptors (Lipinski definition) is 2. The molecule has 0 spiro atoms. The first kappa shape index (κ1) is 16.6. The van der Waals surface area contributed by atoms with E-state index in [9.17, 15) is 4.79 Å². The molecular formula is C22H20ClN3O. The van der Waals surface area contributed by atoms with Crippen LogP contribution in [0.15, 0.2) is 54.6 Å². The highest BCUT2D eigenvalue weighted by atomic mass is 35.5. The number of benzene rings is 2. The molecule has 1 saturated carbocycles. The summed E-state index contributed by atoms with van der Waals surface area (Å²) < 4.78 is 0. The zero-order chi connectivity index (χ0) is 18.4. The predicted molar refractivity (Wildman–Crippen MR) is 106 cm³/mol. The molecule has 1 amide bonds. The fraction of sp³-hybridized carbons (Fsp3) is 0.273. The number of nitrogens with zero attached hydrogens (tertiary/aromatic N) is 2. The first-order chi connectivity index (χ1) is 13.3. The van der Waals surface area contributed by atoms with E-state index in [0.717, 1.165) is 35.2 Å². The van der Waals surface area contributed by atoms with Gasteiger partial charge in [-0.05, 0) is 24.5 Å². The van der Waals surface area contributed by atoms with E-state index >= 15 is 0 Å². The maximum atomic E-state index is 13.3. The van der Waals surface area contributed by atoms with Gasteiger partial charge < -0.3 is 4.90 Å². The smallest absolute Gasteiger partial charge is 0.273 e. The van der Waals surface area contributed by atoms with Gasteiger partial charge in [-0.15, -0.1) is 0 Å². The van der Waals surface area contributed by atoms with Gasteiger partial charge in [0.15, 0.2) is 0 Å². The first-order valence-corrected chi connectivity index (χ1v) is 9.84. The van der Waals surface area contributed by atoms with Crippen LogP contribution in [0, 0.1) is 0 Å². The van der Waals surface area contributed by atoms with E-state index in [1.165, 1.54) is 12.8 Å². The zero-order valence-corrected chi connectivity index (χ0v) is 15.6. The SMILES string of the molecule is O=C1c2[nH]nc(-c3ccccc3)c2C(c2ccccc2Cl)N1C1CCCC1. The monoisotopic (exact) mass is 377 g/mol. The van der Waals surface area contributed by atoms with Gasteiger partial charge in [0.05, 0.1) is 11.7 Å². The Morgan fingerprint density at radius 1 is 1.00 bits per heavy atom. The Morgan fingerprint density at radius 2 is 1.70 bits per heavy atom. The van der Waals surface area contributed by atoms with Crippen LogP contribution in [0.25, 0.3) is 11.3 Å². The van der Waals surface area contributed by atoms with Gasteiger partial charge in [0.2, 0.25) is 0 Å². The second kappa shape index (κ2) is 6.54. The van der Waals surface area contributed by atoms with Crippen molar-refractivity contribution in [2.75, 3.05) is 0 Å². The van der Waals surface area contributed by atoms with E-state index in [2.05, 4.69) is 10.2 Å². The van der Waals surface area contributed by atoms with Gasteiger partial charge in [0.1, 0.15) is 5.69 Å². The maximum absolute atomic E-state index is 13.3. The lowest BCUT2D eigenvalue weighted by Crippen LogP contribution is -2.37. The molecule has 1 atom stereocenters. The molecule has 5 heteroatoms. The third-order valence-electron chi connectivity index (χ3n) is 5.77. The molecule has 2 heterocycles. The van der Waals surface area contributed by atoms with Gasteiger partial charge >= 0.3 is 0 Å². The van der Waals surface area contributed by atoms with Crippen LogP contribution in [-0.4, -0.2) is 27.0 Å². The molecule has 1 aromatic heterocycles. The Morgan fingerprint density at radius 3 is 2.44 bits per heavy atom. The predicted octanol–water partition coefficient (Wildman–Crippen LogP) is 5.22. The van der Waals surface area contributed by atoms with Crippen molar-refractivity contribution in [2.24, 2.45) is 0 Å². The number of halogens is 1. The van der Waals surface area contributed by atoms with Crippen molar-refractivity contribution >= 4 is 17.5 Å². The number of carbonyl (C=O) groups is 1. The highest BCUT2D eigenvalue weighted by molar-refractivity contribution is 6.31. The van der Waals surface area contributed by atoms with E-state index < -0.39 is 0 Å². The molecule has 1 aliphatic heterocycles. The number of aromatic amines is 1. The van der Waals surface area contributed by atoms with Crippen molar-refractivity contribution in [3.8, 4) is 11.3 Å². The summed E-state index contributed by atoms with van der Waals surface area (Å²) in [6.45, 7) is 0. The molecule has 0 radical (unpaired) electrons. The van der Waals surface area contributed by atoms with Crippen molar-refractivity contribution in [3.63, 3.8) is 0 Å². The second-order valence-electron chi connectivity index (χ2n) is 7.30. The minimum atomic E-state index is -0.196. The number of rotatable bonds is 3. The van der Waals surface area contributed by atoms with Gasteiger partial charge in [-0.1, -0.05) is 73.0 Å². The molecule has 4 nitrogen and oxygen atoms in total. The highest BCUT2D eigenvalue weighted by Gasteiger charge is 2.46. The van der Waals surface area contributed by atoms with Gasteiger partial charge in [0.25, 0.3) is 5.91 Å². The average molecular weight is 378 g/mol. The largest absolute Gasteiger partial charge is 0.323 e. The van der Waals surface area contributed by atoms with Gasteiger partial charge in [-0.2, -0.15) is 5.10 Å². The molecule has 1 fully saturated rings. The summed E-state index contributed by atoms with van der Waals surface area (Å²) in [7, 11) is 0. The minimum Gasteiger partial charge on any atom is -0.323 e. The van der Waals surface area contributed by atoms with E-state index in [4.69, 9.17) is 11.6 Å². The lowest BCUT2D eigenvalue weighted by molar-refractivity contribution is 0.0660. The summed E-state index contributed by atoms with van der Waals surface area (Å²) in [4.78, 5) is 15.4. The summed E-state index contributed by atoms with van der Waals surface area (Å²) in [5.74, 6) is 0.0384. The fourth-order valence-corrected chi connectivity index (χ4v) is 4.78. The van der Waals surface area contributed by atoms with Crippen molar-refractivity contribution in [3.05, 3.63) is 76.4 Å². The Balaban J connectivity index is 1.71. The molecule has 1 N–H and O–H groups in total. The first-order valence-electron chi connectivity index (χ1n) is 9.46. The van der Waals surface area contributed by atoms with E-state index in [1.807, 2.05) is 59.5 Å². The Hall–Kier alpha value is -2.59. The van der Waals surface area contributed by atoms with Crippen LogP contribution in [0.1, 0.15) is 53.3 Å². The van der Waals surface area contributed by atoms with Crippen LogP contribution in [0.4, 0.5) is 0 Å². The van der Waals surface area contributed by atoms with Crippen molar-refractivity contribution in [2.45, 2.75) is 37.8 Å². The minimum absolute atomic E-state index is 0.0384. The third kappa shape index (κ3) is 2.59. The average Bonchev–Trinajstić information content (AvgIpc) is 3.41. The molecule has 0 bridgehead atoms. The highest BCUT2D eigenvalue weighted by Crippen LogP contribution is 2.47. The van der Waals surface area contributed by atoms with E-state index in [1.54, 1.807) is 0 Å². The summed E-state index contributed by atoms with van der Waals surface area (Å²) in [5.41, 5.74) is 4.37. The van der Waals surface area contributed by atoms with Gasteiger partial charge in [-0.25, -0.2) is 0 Å². The molecule has 2 aromatic carbocycles. The lowest BCUT2D eigenvalue weighted by Gasteiger charge is -2.32. The summed E-state index contributed by atoms with van der Waals surface area (Å²) >= 11 is 6.59. The number of hydrogen-bond donors (Lipinski definition) is 1. The molecule has 0 saturated heterocycles. The Bertz CT molecular complexity index is 992. The topological polar surface area (TPSA) is 49.0 Å². The van der Waals surface area contributed by atoms with Gasteiger partial charge in [-0.3, -0.25) is 9.89 Å². The third-order valence-corrected chi connectivity index (χ3v) is 6.11. The summed E-state index contributed by atoms with van der Waals surface area (Å²) in [6.07, 6.45) is 4.43. The van der Waals surface area contributed by atoms with Crippen molar-refractivity contribution < 1.29 is 4.79 Å². The summed E-state index contributed by atoms with van der Waals surface area (Å²) in [5, 5.41) is 8.22. The number of carbonyl (C=O) groups excluding carboxylic acids is 1. The molecule has 2 aliphatic rings. The van der Waals surface area contributed by atoms with Crippen LogP contribution in [0.2, 0.25) is 5.02 Å². The maximum Gasteiger partial charge on any atom is 0.273 e. The Labute approximate surface area is 163 Å². The molecule has 5 rings (SSSR count). The quantitative estimate of drug-likeness (QED) is 0.680. The van der Waals surface area contributed by atoms with Crippen LogP contribution in [0.3, 0.4) is 0 Å². The van der Waals surface area contributed by atoms with Crippen LogP contribution >= 0.6 is 11.6 Å². The van der Waals surface area contributed by atoms with E-state index in [0.29, 0.717) is 10.7 Å². The molecular weight excluding hydrogens is 358 g/mol. The van der Waals surface area contributed by atoms with E-state index in [-0.39, 0.29) is 18.0 Å². The molecule has 1 aliphatic carbocycles. The van der Waals surface area contributed by atoms with Crippen LogP contribution in [0.5, 0.6) is 0 Å². The van der Waals surface area contributed by atoms with Crippen LogP contribution < -0.4 is 0 Å².